The number of hydrogen-bond donors (Lipinski definition) is 1. The third-order valence-electron chi connectivity index (χ3n) is 4.15. The molecule has 8 heteroatoms. The lowest BCUT2D eigenvalue weighted by atomic mass is 10.1. The Hall–Kier alpha value is -2.05. The van der Waals surface area contributed by atoms with E-state index >= 15 is 0 Å². The predicted molar refractivity (Wildman–Crippen MR) is 94.8 cm³/mol. The van der Waals surface area contributed by atoms with E-state index in [-0.39, 0.29) is 23.7 Å². The van der Waals surface area contributed by atoms with Gasteiger partial charge in [-0.15, -0.1) is 0 Å². The van der Waals surface area contributed by atoms with E-state index in [9.17, 15) is 9.59 Å². The van der Waals surface area contributed by atoms with Crippen molar-refractivity contribution in [1.29, 1.82) is 0 Å². The van der Waals surface area contributed by atoms with E-state index in [0.29, 0.717) is 21.4 Å². The van der Waals surface area contributed by atoms with Crippen molar-refractivity contribution < 1.29 is 14.1 Å². The molecule has 0 atom stereocenters. The first-order valence-corrected chi connectivity index (χ1v) is 8.71. The van der Waals surface area contributed by atoms with Crippen molar-refractivity contribution in [3.05, 3.63) is 39.6 Å². The van der Waals surface area contributed by atoms with Gasteiger partial charge >= 0.3 is 0 Å². The first-order chi connectivity index (χ1) is 12.0. The number of rotatable bonds is 4. The molecule has 0 aliphatic carbocycles. The number of aromatic nitrogens is 1. The van der Waals surface area contributed by atoms with Gasteiger partial charge in [-0.3, -0.25) is 9.59 Å². The van der Waals surface area contributed by atoms with E-state index < -0.39 is 5.91 Å². The average molecular weight is 382 g/mol. The van der Waals surface area contributed by atoms with Crippen LogP contribution in [0, 0.1) is 6.92 Å². The van der Waals surface area contributed by atoms with Gasteiger partial charge in [0.15, 0.2) is 0 Å². The molecule has 2 aromatic rings. The second kappa shape index (κ2) is 7.45. The maximum Gasteiger partial charge on any atom is 0.257 e. The Labute approximate surface area is 155 Å². The second-order valence-electron chi connectivity index (χ2n) is 5.83. The molecule has 3 rings (SSSR count). The molecule has 0 radical (unpaired) electrons. The maximum absolute atomic E-state index is 12.6. The summed E-state index contributed by atoms with van der Waals surface area (Å²) in [5, 5.41) is 7.30. The number of benzene rings is 1. The van der Waals surface area contributed by atoms with Gasteiger partial charge in [0.2, 0.25) is 5.91 Å². The molecule has 1 fully saturated rings. The Bertz CT molecular complexity index is 793. The van der Waals surface area contributed by atoms with Crippen molar-refractivity contribution in [2.24, 2.45) is 0 Å². The number of carbonyl (C=O) groups is 2. The number of amides is 2. The largest absolute Gasteiger partial charge is 0.360 e. The average Bonchev–Trinajstić information content (AvgIpc) is 3.22. The summed E-state index contributed by atoms with van der Waals surface area (Å²) in [5.41, 5.74) is 0.919. The van der Waals surface area contributed by atoms with Crippen LogP contribution in [0.3, 0.4) is 0 Å². The molecule has 1 saturated heterocycles. The molecule has 1 aromatic carbocycles. The van der Waals surface area contributed by atoms with Crippen LogP contribution in [0.15, 0.2) is 22.7 Å². The highest BCUT2D eigenvalue weighted by atomic mass is 35.5. The van der Waals surface area contributed by atoms with Gasteiger partial charge in [-0.05, 0) is 31.9 Å². The van der Waals surface area contributed by atoms with E-state index in [0.717, 1.165) is 25.9 Å². The minimum absolute atomic E-state index is 0.0703. The Kier molecular flexibility index (Phi) is 5.30. The molecule has 1 aromatic heterocycles. The van der Waals surface area contributed by atoms with Gasteiger partial charge in [-0.2, -0.15) is 0 Å². The molecule has 1 N–H and O–H groups in total. The first-order valence-electron chi connectivity index (χ1n) is 7.95. The minimum Gasteiger partial charge on any atom is -0.360 e. The normalized spacial score (nSPS) is 14.0. The van der Waals surface area contributed by atoms with Crippen LogP contribution < -0.4 is 5.32 Å². The van der Waals surface area contributed by atoms with Crippen LogP contribution in [0.1, 0.15) is 29.0 Å². The number of halogens is 2. The van der Waals surface area contributed by atoms with Crippen molar-refractivity contribution in [2.45, 2.75) is 19.8 Å². The Morgan fingerprint density at radius 1 is 1.24 bits per heavy atom. The van der Waals surface area contributed by atoms with Gasteiger partial charge in [0.25, 0.3) is 5.91 Å². The fourth-order valence-electron chi connectivity index (χ4n) is 2.86. The van der Waals surface area contributed by atoms with Gasteiger partial charge in [-0.25, -0.2) is 0 Å². The topological polar surface area (TPSA) is 75.4 Å². The Balaban J connectivity index is 1.81. The maximum atomic E-state index is 12.6. The summed E-state index contributed by atoms with van der Waals surface area (Å²) in [6, 6.07) is 5.02. The quantitative estimate of drug-likeness (QED) is 0.881. The van der Waals surface area contributed by atoms with Crippen LogP contribution in [0.2, 0.25) is 10.0 Å². The molecule has 0 bridgehead atoms. The van der Waals surface area contributed by atoms with E-state index in [1.54, 1.807) is 30.0 Å². The van der Waals surface area contributed by atoms with Crippen LogP contribution in [0.4, 0.5) is 0 Å². The van der Waals surface area contributed by atoms with E-state index in [4.69, 9.17) is 27.7 Å². The zero-order valence-corrected chi connectivity index (χ0v) is 15.2. The highest BCUT2D eigenvalue weighted by molar-refractivity contribution is 6.39. The second-order valence-corrected chi connectivity index (χ2v) is 6.64. The molecule has 0 saturated carbocycles. The van der Waals surface area contributed by atoms with Crippen LogP contribution in [-0.2, 0) is 4.79 Å². The van der Waals surface area contributed by atoms with Crippen LogP contribution in [0.5, 0.6) is 0 Å². The molecule has 0 spiro atoms. The van der Waals surface area contributed by atoms with Crippen molar-refractivity contribution >= 4 is 35.0 Å². The highest BCUT2D eigenvalue weighted by Gasteiger charge is 2.26. The summed E-state index contributed by atoms with van der Waals surface area (Å²) >= 11 is 12.4. The smallest absolute Gasteiger partial charge is 0.257 e. The fourth-order valence-corrected chi connectivity index (χ4v) is 3.43. The lowest BCUT2D eigenvalue weighted by molar-refractivity contribution is -0.129. The number of carbonyl (C=O) groups excluding carboxylic acids is 2. The first kappa shape index (κ1) is 17.8. The third kappa shape index (κ3) is 3.65. The van der Waals surface area contributed by atoms with Crippen molar-refractivity contribution in [1.82, 2.24) is 15.4 Å². The molecular weight excluding hydrogens is 365 g/mol. The molecule has 25 heavy (non-hydrogen) atoms. The van der Waals surface area contributed by atoms with E-state index in [1.165, 1.54) is 0 Å². The van der Waals surface area contributed by atoms with Crippen molar-refractivity contribution in [3.63, 3.8) is 0 Å². The molecule has 132 valence electrons. The van der Waals surface area contributed by atoms with Gasteiger partial charge in [0.05, 0.1) is 16.6 Å². The lowest BCUT2D eigenvalue weighted by Gasteiger charge is -2.15. The summed E-state index contributed by atoms with van der Waals surface area (Å²) in [6.45, 7) is 3.03. The third-order valence-corrected chi connectivity index (χ3v) is 4.78. The molecule has 2 amide bonds. The minimum atomic E-state index is -0.447. The molecular formula is C17H17Cl2N3O3. The summed E-state index contributed by atoms with van der Waals surface area (Å²) < 4.78 is 5.16. The Morgan fingerprint density at radius 2 is 1.88 bits per heavy atom. The van der Waals surface area contributed by atoms with Gasteiger partial charge in [-0.1, -0.05) is 34.4 Å². The number of likely N-dealkylation sites (tertiary alicyclic amines) is 1. The van der Waals surface area contributed by atoms with Crippen LogP contribution in [-0.4, -0.2) is 41.5 Å². The summed E-state index contributed by atoms with van der Waals surface area (Å²) in [6.07, 6.45) is 2.00. The monoisotopic (exact) mass is 381 g/mol. The van der Waals surface area contributed by atoms with Crippen LogP contribution >= 0.6 is 23.2 Å². The molecule has 2 heterocycles. The fraction of sp³-hybridized carbons (Fsp3) is 0.353. The van der Waals surface area contributed by atoms with E-state index in [1.807, 2.05) is 0 Å². The van der Waals surface area contributed by atoms with Crippen molar-refractivity contribution in [2.75, 3.05) is 19.6 Å². The Morgan fingerprint density at radius 3 is 2.52 bits per heavy atom. The van der Waals surface area contributed by atoms with Gasteiger partial charge < -0.3 is 14.7 Å². The zero-order chi connectivity index (χ0) is 18.0. The van der Waals surface area contributed by atoms with Gasteiger partial charge in [0, 0.05) is 18.7 Å². The van der Waals surface area contributed by atoms with Crippen molar-refractivity contribution in [3.8, 4) is 11.3 Å². The number of aryl methyl sites for hydroxylation is 1. The zero-order valence-electron chi connectivity index (χ0n) is 13.6. The highest BCUT2D eigenvalue weighted by Crippen LogP contribution is 2.36. The lowest BCUT2D eigenvalue weighted by Crippen LogP contribution is -2.38. The summed E-state index contributed by atoms with van der Waals surface area (Å²) in [7, 11) is 0. The standard InChI is InChI=1S/C17H17Cl2N3O3/c1-10-14(17(24)20-9-13(23)22-7-2-3-8-22)16(21-25-10)15-11(18)5-4-6-12(15)19/h4-6H,2-3,7-9H2,1H3,(H,20,24). The number of nitrogens with zero attached hydrogens (tertiary/aromatic N) is 2. The van der Waals surface area contributed by atoms with Crippen LogP contribution in [0.25, 0.3) is 11.3 Å². The predicted octanol–water partition coefficient (Wildman–Crippen LogP) is 3.31. The number of hydrogen-bond acceptors (Lipinski definition) is 4. The molecule has 6 nitrogen and oxygen atoms in total. The molecule has 0 unspecified atom stereocenters. The number of nitrogens with one attached hydrogen (secondary N) is 1. The summed E-state index contributed by atoms with van der Waals surface area (Å²) in [4.78, 5) is 26.4. The van der Waals surface area contributed by atoms with E-state index in [2.05, 4.69) is 10.5 Å². The molecule has 1 aliphatic rings. The summed E-state index contributed by atoms with van der Waals surface area (Å²) in [5.74, 6) is -0.216. The SMILES string of the molecule is Cc1onc(-c2c(Cl)cccc2Cl)c1C(=O)NCC(=O)N1CCCC1. The van der Waals surface area contributed by atoms with Gasteiger partial charge in [0.1, 0.15) is 17.0 Å². The molecule has 1 aliphatic heterocycles.